The Hall–Kier alpha value is -2.33. The van der Waals surface area contributed by atoms with Crippen molar-refractivity contribution in [1.82, 2.24) is 0 Å². The van der Waals surface area contributed by atoms with Gasteiger partial charge in [-0.1, -0.05) is 12.1 Å². The largest absolute Gasteiger partial charge is 0.380 e. The summed E-state index contributed by atoms with van der Waals surface area (Å²) in [4.78, 5) is 17.1. The summed E-state index contributed by atoms with van der Waals surface area (Å²) < 4.78 is 0. The zero-order chi connectivity index (χ0) is 19.1. The SMILES string of the molecule is CCN(CC)c1ccc(C(=O)C(O)c2ccc(N(CC)CC)cc2)cc1. The highest BCUT2D eigenvalue weighted by atomic mass is 16.3. The van der Waals surface area contributed by atoms with Gasteiger partial charge in [-0.2, -0.15) is 0 Å². The molecule has 0 aromatic heterocycles. The van der Waals surface area contributed by atoms with Crippen molar-refractivity contribution >= 4 is 17.2 Å². The summed E-state index contributed by atoms with van der Waals surface area (Å²) in [6.07, 6.45) is -1.14. The average molecular weight is 354 g/mol. The fourth-order valence-corrected chi connectivity index (χ4v) is 3.19. The molecule has 0 radical (unpaired) electrons. The number of anilines is 2. The van der Waals surface area contributed by atoms with E-state index in [2.05, 4.69) is 37.5 Å². The zero-order valence-corrected chi connectivity index (χ0v) is 16.3. The molecule has 0 saturated heterocycles. The van der Waals surface area contributed by atoms with E-state index in [0.717, 1.165) is 37.6 Å². The number of carbonyl (C=O) groups excluding carboxylic acids is 1. The predicted molar refractivity (Wildman–Crippen MR) is 109 cm³/mol. The highest BCUT2D eigenvalue weighted by Crippen LogP contribution is 2.23. The minimum Gasteiger partial charge on any atom is -0.380 e. The molecule has 1 unspecified atom stereocenters. The number of nitrogens with zero attached hydrogens (tertiary/aromatic N) is 2. The number of hydrogen-bond acceptors (Lipinski definition) is 4. The Morgan fingerprint density at radius 1 is 0.769 bits per heavy atom. The molecule has 140 valence electrons. The summed E-state index contributed by atoms with van der Waals surface area (Å²) in [6.45, 7) is 12.1. The van der Waals surface area contributed by atoms with Gasteiger partial charge in [0.1, 0.15) is 6.10 Å². The van der Waals surface area contributed by atoms with Gasteiger partial charge in [-0.25, -0.2) is 0 Å². The number of rotatable bonds is 9. The summed E-state index contributed by atoms with van der Waals surface area (Å²) in [5, 5.41) is 10.5. The van der Waals surface area contributed by atoms with Crippen LogP contribution in [0.1, 0.15) is 49.7 Å². The standard InChI is InChI=1S/C22H30N2O2/c1-5-23(6-2)19-13-9-17(10-14-19)21(25)22(26)18-11-15-20(16-12-18)24(7-3)8-4/h9-16,21,25H,5-8H2,1-4H3. The van der Waals surface area contributed by atoms with Crippen molar-refractivity contribution in [2.75, 3.05) is 36.0 Å². The lowest BCUT2D eigenvalue weighted by atomic mass is 9.99. The Balaban J connectivity index is 2.13. The van der Waals surface area contributed by atoms with Gasteiger partial charge in [0.2, 0.25) is 0 Å². The summed E-state index contributed by atoms with van der Waals surface area (Å²) >= 11 is 0. The molecule has 0 bridgehead atoms. The number of ketones is 1. The molecule has 1 N–H and O–H groups in total. The van der Waals surface area contributed by atoms with E-state index in [-0.39, 0.29) is 5.78 Å². The second-order valence-corrected chi connectivity index (χ2v) is 6.25. The van der Waals surface area contributed by atoms with Gasteiger partial charge in [0, 0.05) is 43.1 Å². The van der Waals surface area contributed by atoms with E-state index in [1.165, 1.54) is 0 Å². The summed E-state index contributed by atoms with van der Waals surface area (Å²) in [5.74, 6) is -0.272. The van der Waals surface area contributed by atoms with E-state index in [9.17, 15) is 9.90 Å². The van der Waals surface area contributed by atoms with E-state index < -0.39 is 6.10 Å². The van der Waals surface area contributed by atoms with Crippen LogP contribution in [0.25, 0.3) is 0 Å². The lowest BCUT2D eigenvalue weighted by Gasteiger charge is -2.22. The van der Waals surface area contributed by atoms with Crippen LogP contribution in [0.3, 0.4) is 0 Å². The molecule has 4 heteroatoms. The molecule has 0 saturated carbocycles. The van der Waals surface area contributed by atoms with Gasteiger partial charge in [0.25, 0.3) is 0 Å². The number of aliphatic hydroxyl groups is 1. The zero-order valence-electron chi connectivity index (χ0n) is 16.3. The maximum absolute atomic E-state index is 12.6. The van der Waals surface area contributed by atoms with Crippen LogP contribution in [-0.2, 0) is 0 Å². The molecule has 0 aliphatic heterocycles. The Morgan fingerprint density at radius 3 is 1.54 bits per heavy atom. The number of aliphatic hydroxyl groups excluding tert-OH is 1. The summed E-state index contributed by atoms with van der Waals surface area (Å²) in [7, 11) is 0. The third kappa shape index (κ3) is 4.44. The minimum absolute atomic E-state index is 0.272. The van der Waals surface area contributed by atoms with Crippen molar-refractivity contribution in [3.05, 3.63) is 59.7 Å². The molecule has 2 rings (SSSR count). The molecule has 0 aliphatic rings. The van der Waals surface area contributed by atoms with Crippen molar-refractivity contribution in [1.29, 1.82) is 0 Å². The van der Waals surface area contributed by atoms with Crippen LogP contribution in [0.5, 0.6) is 0 Å². The molecule has 0 spiro atoms. The van der Waals surface area contributed by atoms with Gasteiger partial charge in [-0.05, 0) is 69.7 Å². The Bertz CT molecular complexity index is 687. The minimum atomic E-state index is -1.14. The maximum Gasteiger partial charge on any atom is 0.195 e. The maximum atomic E-state index is 12.6. The van der Waals surface area contributed by atoms with Crippen LogP contribution in [0.2, 0.25) is 0 Å². The number of benzene rings is 2. The quantitative estimate of drug-likeness (QED) is 0.682. The normalized spacial score (nSPS) is 11.9. The van der Waals surface area contributed by atoms with Crippen LogP contribution < -0.4 is 9.80 Å². The highest BCUT2D eigenvalue weighted by Gasteiger charge is 2.19. The van der Waals surface area contributed by atoms with Crippen LogP contribution in [0.15, 0.2) is 48.5 Å². The second-order valence-electron chi connectivity index (χ2n) is 6.25. The average Bonchev–Trinajstić information content (AvgIpc) is 2.70. The predicted octanol–water partition coefficient (Wildman–Crippen LogP) is 4.30. The van der Waals surface area contributed by atoms with Crippen molar-refractivity contribution in [2.24, 2.45) is 0 Å². The Labute approximate surface area is 157 Å². The lowest BCUT2D eigenvalue weighted by molar-refractivity contribution is 0.0747. The van der Waals surface area contributed by atoms with Gasteiger partial charge < -0.3 is 14.9 Å². The molecule has 26 heavy (non-hydrogen) atoms. The van der Waals surface area contributed by atoms with Crippen LogP contribution in [-0.4, -0.2) is 37.1 Å². The number of carbonyl (C=O) groups is 1. The molecule has 2 aromatic carbocycles. The van der Waals surface area contributed by atoms with Gasteiger partial charge in [-0.3, -0.25) is 4.79 Å². The Kier molecular flexibility index (Phi) is 7.22. The van der Waals surface area contributed by atoms with Crippen molar-refractivity contribution < 1.29 is 9.90 Å². The summed E-state index contributed by atoms with van der Waals surface area (Å²) in [6, 6.07) is 15.1. The van der Waals surface area contributed by atoms with Crippen LogP contribution in [0, 0.1) is 0 Å². The van der Waals surface area contributed by atoms with E-state index in [1.807, 2.05) is 36.4 Å². The van der Waals surface area contributed by atoms with E-state index >= 15 is 0 Å². The van der Waals surface area contributed by atoms with Crippen LogP contribution in [0.4, 0.5) is 11.4 Å². The van der Waals surface area contributed by atoms with Gasteiger partial charge in [0.05, 0.1) is 0 Å². The highest BCUT2D eigenvalue weighted by molar-refractivity contribution is 6.00. The van der Waals surface area contributed by atoms with Gasteiger partial charge in [0.15, 0.2) is 5.78 Å². The first-order chi connectivity index (χ1) is 12.5. The van der Waals surface area contributed by atoms with Crippen LogP contribution >= 0.6 is 0 Å². The molecule has 0 fully saturated rings. The molecule has 0 aliphatic carbocycles. The van der Waals surface area contributed by atoms with Crippen molar-refractivity contribution in [3.8, 4) is 0 Å². The summed E-state index contributed by atoms with van der Waals surface area (Å²) in [5.41, 5.74) is 3.34. The van der Waals surface area contributed by atoms with Crippen molar-refractivity contribution in [3.63, 3.8) is 0 Å². The smallest absolute Gasteiger partial charge is 0.195 e. The first kappa shape index (κ1) is 20.0. The third-order valence-electron chi connectivity index (χ3n) is 4.87. The molecule has 1 atom stereocenters. The molecule has 2 aromatic rings. The van der Waals surface area contributed by atoms with E-state index in [1.54, 1.807) is 12.1 Å². The first-order valence-corrected chi connectivity index (χ1v) is 9.47. The fourth-order valence-electron chi connectivity index (χ4n) is 3.19. The van der Waals surface area contributed by atoms with E-state index in [4.69, 9.17) is 0 Å². The van der Waals surface area contributed by atoms with E-state index in [0.29, 0.717) is 11.1 Å². The molecule has 4 nitrogen and oxygen atoms in total. The lowest BCUT2D eigenvalue weighted by Crippen LogP contribution is -2.22. The van der Waals surface area contributed by atoms with Crippen molar-refractivity contribution in [2.45, 2.75) is 33.8 Å². The van der Waals surface area contributed by atoms with Gasteiger partial charge >= 0.3 is 0 Å². The monoisotopic (exact) mass is 354 g/mol. The second kappa shape index (κ2) is 9.39. The first-order valence-electron chi connectivity index (χ1n) is 9.47. The fraction of sp³-hybridized carbons (Fsp3) is 0.409. The molecular weight excluding hydrogens is 324 g/mol. The van der Waals surface area contributed by atoms with Gasteiger partial charge in [-0.15, -0.1) is 0 Å². The molecule has 0 heterocycles. The third-order valence-corrected chi connectivity index (χ3v) is 4.87. The molecular formula is C22H30N2O2. The number of hydrogen-bond donors (Lipinski definition) is 1. The number of Topliss-reactive ketones (excluding diaryl/α,β-unsaturated/α-hetero) is 1. The topological polar surface area (TPSA) is 43.8 Å². The molecule has 0 amide bonds. The Morgan fingerprint density at radius 2 is 1.15 bits per heavy atom.